The molecule has 2 amide bonds. The molecule has 4 rings (SSSR count). The molecular weight excluding hydrogens is 388 g/mol. The maximum atomic E-state index is 13.0. The van der Waals surface area contributed by atoms with Crippen LogP contribution in [-0.4, -0.2) is 39.8 Å². The van der Waals surface area contributed by atoms with Crippen LogP contribution in [0, 0.1) is 12.8 Å². The van der Waals surface area contributed by atoms with Gasteiger partial charge in [-0.15, -0.1) is 0 Å². The number of nitrogens with one attached hydrogen (secondary N) is 1. The van der Waals surface area contributed by atoms with Crippen LogP contribution < -0.4 is 5.32 Å². The van der Waals surface area contributed by atoms with Gasteiger partial charge in [0, 0.05) is 30.2 Å². The van der Waals surface area contributed by atoms with Gasteiger partial charge in [0.05, 0.1) is 11.4 Å². The summed E-state index contributed by atoms with van der Waals surface area (Å²) < 4.78 is 0. The van der Waals surface area contributed by atoms with E-state index in [1.54, 1.807) is 35.4 Å². The lowest BCUT2D eigenvalue weighted by Crippen LogP contribution is -2.43. The van der Waals surface area contributed by atoms with Crippen molar-refractivity contribution in [2.45, 2.75) is 19.8 Å². The van der Waals surface area contributed by atoms with Crippen LogP contribution in [0.25, 0.3) is 10.9 Å². The van der Waals surface area contributed by atoms with E-state index in [0.29, 0.717) is 29.6 Å². The van der Waals surface area contributed by atoms with Crippen molar-refractivity contribution in [2.24, 2.45) is 5.92 Å². The second kappa shape index (κ2) is 8.17. The molecule has 0 aliphatic carbocycles. The zero-order valence-corrected chi connectivity index (χ0v) is 16.8. The third kappa shape index (κ3) is 4.38. The van der Waals surface area contributed by atoms with E-state index in [-0.39, 0.29) is 17.7 Å². The zero-order valence-electron chi connectivity index (χ0n) is 16.1. The molecule has 1 aliphatic rings. The normalized spacial score (nSPS) is 16.6. The van der Waals surface area contributed by atoms with Crippen molar-refractivity contribution in [1.82, 2.24) is 14.9 Å². The number of hydrogen-bond donors (Lipinski definition) is 1. The number of anilines is 1. The minimum atomic E-state index is -0.253. The topological polar surface area (TPSA) is 75.2 Å². The Labute approximate surface area is 173 Å². The first kappa shape index (κ1) is 19.3. The van der Waals surface area contributed by atoms with Gasteiger partial charge < -0.3 is 10.2 Å². The molecule has 1 aliphatic heterocycles. The number of pyridine rings is 2. The van der Waals surface area contributed by atoms with Gasteiger partial charge in [-0.1, -0.05) is 17.7 Å². The minimum Gasteiger partial charge on any atom is -0.338 e. The molecule has 7 heteroatoms. The number of nitrogens with zero attached hydrogens (tertiary/aromatic N) is 3. The summed E-state index contributed by atoms with van der Waals surface area (Å²) in [4.78, 5) is 35.9. The van der Waals surface area contributed by atoms with Crippen LogP contribution in [0.5, 0.6) is 0 Å². The quantitative estimate of drug-likeness (QED) is 0.662. The number of carbonyl (C=O) groups excluding carboxylic acids is 2. The average Bonchev–Trinajstić information content (AvgIpc) is 2.74. The van der Waals surface area contributed by atoms with Gasteiger partial charge in [0.2, 0.25) is 5.91 Å². The monoisotopic (exact) mass is 408 g/mol. The molecular formula is C22H21ClN4O2. The number of likely N-dealkylation sites (tertiary alicyclic amines) is 1. The third-order valence-electron chi connectivity index (χ3n) is 5.14. The minimum absolute atomic E-state index is 0.0761. The predicted octanol–water partition coefficient (Wildman–Crippen LogP) is 4.08. The Morgan fingerprint density at radius 3 is 2.83 bits per heavy atom. The number of rotatable bonds is 3. The first-order valence-corrected chi connectivity index (χ1v) is 9.96. The van der Waals surface area contributed by atoms with E-state index in [9.17, 15) is 9.59 Å². The number of benzene rings is 1. The molecule has 0 saturated carbocycles. The van der Waals surface area contributed by atoms with Gasteiger partial charge in [-0.25, -0.2) is 9.97 Å². The molecule has 0 bridgehead atoms. The molecule has 3 heterocycles. The number of carbonyl (C=O) groups is 2. The standard InChI is InChI=1S/C22H21ClN4O2/c1-14-4-9-20(24-12-14)26-21(28)17-3-2-10-27(13-17)22(29)16-5-7-18-15(11-16)6-8-19(23)25-18/h4-9,11-12,17H,2-3,10,13H2,1H3,(H,24,26,28). The predicted molar refractivity (Wildman–Crippen MR) is 113 cm³/mol. The number of hydrogen-bond acceptors (Lipinski definition) is 4. The van der Waals surface area contributed by atoms with Crippen molar-refractivity contribution in [3.8, 4) is 0 Å². The highest BCUT2D eigenvalue weighted by Gasteiger charge is 2.29. The molecule has 3 aromatic rings. The second-order valence-electron chi connectivity index (χ2n) is 7.34. The van der Waals surface area contributed by atoms with Gasteiger partial charge in [0.15, 0.2) is 0 Å². The van der Waals surface area contributed by atoms with Gasteiger partial charge in [-0.05, 0) is 61.7 Å². The molecule has 1 aromatic carbocycles. The number of aromatic nitrogens is 2. The van der Waals surface area contributed by atoms with Gasteiger partial charge in [-0.2, -0.15) is 0 Å². The molecule has 1 unspecified atom stereocenters. The number of amides is 2. The fraction of sp³-hybridized carbons (Fsp3) is 0.273. The molecule has 148 valence electrons. The average molecular weight is 409 g/mol. The maximum absolute atomic E-state index is 13.0. The van der Waals surface area contributed by atoms with E-state index >= 15 is 0 Å². The Morgan fingerprint density at radius 1 is 1.17 bits per heavy atom. The lowest BCUT2D eigenvalue weighted by molar-refractivity contribution is -0.121. The summed E-state index contributed by atoms with van der Waals surface area (Å²) in [6.07, 6.45) is 3.26. The first-order chi connectivity index (χ1) is 14.0. The van der Waals surface area contributed by atoms with Crippen molar-refractivity contribution >= 4 is 40.1 Å². The van der Waals surface area contributed by atoms with Crippen molar-refractivity contribution in [1.29, 1.82) is 0 Å². The van der Waals surface area contributed by atoms with Crippen LogP contribution in [0.15, 0.2) is 48.7 Å². The van der Waals surface area contributed by atoms with E-state index in [1.165, 1.54) is 0 Å². The Balaban J connectivity index is 1.46. The molecule has 0 radical (unpaired) electrons. The fourth-order valence-corrected chi connectivity index (χ4v) is 3.72. The third-order valence-corrected chi connectivity index (χ3v) is 5.35. The zero-order chi connectivity index (χ0) is 20.4. The van der Waals surface area contributed by atoms with E-state index < -0.39 is 0 Å². The van der Waals surface area contributed by atoms with Gasteiger partial charge in [-0.3, -0.25) is 9.59 Å². The summed E-state index contributed by atoms with van der Waals surface area (Å²) in [5, 5.41) is 4.14. The Hall–Kier alpha value is -2.99. The fourth-order valence-electron chi connectivity index (χ4n) is 3.56. The van der Waals surface area contributed by atoms with Crippen molar-refractivity contribution in [3.63, 3.8) is 0 Å². The summed E-state index contributed by atoms with van der Waals surface area (Å²) >= 11 is 5.93. The largest absolute Gasteiger partial charge is 0.338 e. The molecule has 1 fully saturated rings. The highest BCUT2D eigenvalue weighted by Crippen LogP contribution is 2.22. The van der Waals surface area contributed by atoms with Crippen molar-refractivity contribution in [2.75, 3.05) is 18.4 Å². The van der Waals surface area contributed by atoms with E-state index in [2.05, 4.69) is 15.3 Å². The smallest absolute Gasteiger partial charge is 0.253 e. The summed E-state index contributed by atoms with van der Waals surface area (Å²) in [5.74, 6) is 0.102. The van der Waals surface area contributed by atoms with Crippen molar-refractivity contribution in [3.05, 3.63) is 64.9 Å². The van der Waals surface area contributed by atoms with Crippen LogP contribution in [0.4, 0.5) is 5.82 Å². The van der Waals surface area contributed by atoms with Gasteiger partial charge >= 0.3 is 0 Å². The number of fused-ring (bicyclic) bond motifs is 1. The van der Waals surface area contributed by atoms with Crippen LogP contribution in [0.3, 0.4) is 0 Å². The molecule has 6 nitrogen and oxygen atoms in total. The summed E-state index contributed by atoms with van der Waals surface area (Å²) in [5.41, 5.74) is 2.36. The lowest BCUT2D eigenvalue weighted by Gasteiger charge is -2.32. The van der Waals surface area contributed by atoms with Crippen LogP contribution in [-0.2, 0) is 4.79 Å². The van der Waals surface area contributed by atoms with E-state index in [1.807, 2.05) is 25.1 Å². The van der Waals surface area contributed by atoms with E-state index in [0.717, 1.165) is 29.3 Å². The van der Waals surface area contributed by atoms with Crippen molar-refractivity contribution < 1.29 is 9.59 Å². The lowest BCUT2D eigenvalue weighted by atomic mass is 9.96. The molecule has 29 heavy (non-hydrogen) atoms. The first-order valence-electron chi connectivity index (χ1n) is 9.59. The SMILES string of the molecule is Cc1ccc(NC(=O)C2CCCN(C(=O)c3ccc4nc(Cl)ccc4c3)C2)nc1. The highest BCUT2D eigenvalue weighted by molar-refractivity contribution is 6.29. The van der Waals surface area contributed by atoms with Crippen LogP contribution in [0.1, 0.15) is 28.8 Å². The Bertz CT molecular complexity index is 1070. The van der Waals surface area contributed by atoms with Gasteiger partial charge in [0.25, 0.3) is 5.91 Å². The van der Waals surface area contributed by atoms with E-state index in [4.69, 9.17) is 11.6 Å². The number of halogens is 1. The Morgan fingerprint density at radius 2 is 2.03 bits per heavy atom. The molecule has 0 spiro atoms. The molecule has 1 atom stereocenters. The molecule has 2 aromatic heterocycles. The summed E-state index contributed by atoms with van der Waals surface area (Å²) in [6, 6.07) is 12.6. The van der Waals surface area contributed by atoms with Gasteiger partial charge in [0.1, 0.15) is 11.0 Å². The summed E-state index contributed by atoms with van der Waals surface area (Å²) in [7, 11) is 0. The number of aryl methyl sites for hydroxylation is 1. The maximum Gasteiger partial charge on any atom is 0.253 e. The highest BCUT2D eigenvalue weighted by atomic mass is 35.5. The number of piperidine rings is 1. The molecule has 1 saturated heterocycles. The van der Waals surface area contributed by atoms with Crippen LogP contribution in [0.2, 0.25) is 5.15 Å². The second-order valence-corrected chi connectivity index (χ2v) is 7.73. The summed E-state index contributed by atoms with van der Waals surface area (Å²) in [6.45, 7) is 2.98. The van der Waals surface area contributed by atoms with Crippen LogP contribution >= 0.6 is 11.6 Å². The molecule has 1 N–H and O–H groups in total. The Kier molecular flexibility index (Phi) is 5.45.